The van der Waals surface area contributed by atoms with Crippen molar-refractivity contribution in [3.8, 4) is 11.1 Å². The van der Waals surface area contributed by atoms with Crippen LogP contribution in [0.3, 0.4) is 0 Å². The number of furan rings is 1. The van der Waals surface area contributed by atoms with E-state index in [1.807, 2.05) is 36.4 Å². The average Bonchev–Trinajstić information content (AvgIpc) is 3.07. The second-order valence-corrected chi connectivity index (χ2v) is 5.37. The van der Waals surface area contributed by atoms with Gasteiger partial charge in [0.15, 0.2) is 0 Å². The molecule has 0 aliphatic heterocycles. The molecule has 4 nitrogen and oxygen atoms in total. The van der Waals surface area contributed by atoms with Gasteiger partial charge in [-0.15, -0.1) is 0 Å². The van der Waals surface area contributed by atoms with E-state index in [4.69, 9.17) is 14.7 Å². The zero-order valence-electron chi connectivity index (χ0n) is 10.7. The predicted octanol–water partition coefficient (Wildman–Crippen LogP) is 4.06. The van der Waals surface area contributed by atoms with Gasteiger partial charge in [0.25, 0.3) is 0 Å². The standard InChI is InChI=1S/C15H13BrN2O2/c16-11-5-3-10(4-6-11)14-13(18-20-15(14)17)8-7-12-2-1-9-19-12/h1-6,9H,7-8,17H2. The average molecular weight is 333 g/mol. The molecule has 3 rings (SSSR count). The van der Waals surface area contributed by atoms with Gasteiger partial charge in [-0.1, -0.05) is 33.2 Å². The highest BCUT2D eigenvalue weighted by Gasteiger charge is 2.16. The van der Waals surface area contributed by atoms with Gasteiger partial charge in [0.2, 0.25) is 5.88 Å². The Morgan fingerprint density at radius 2 is 1.90 bits per heavy atom. The first-order chi connectivity index (χ1) is 9.74. The monoisotopic (exact) mass is 332 g/mol. The fourth-order valence-electron chi connectivity index (χ4n) is 2.13. The molecule has 2 aromatic heterocycles. The zero-order valence-corrected chi connectivity index (χ0v) is 12.3. The molecule has 5 heteroatoms. The molecule has 102 valence electrons. The molecule has 20 heavy (non-hydrogen) atoms. The summed E-state index contributed by atoms with van der Waals surface area (Å²) in [5.74, 6) is 1.27. The molecule has 0 amide bonds. The first kappa shape index (κ1) is 13.0. The summed E-state index contributed by atoms with van der Waals surface area (Å²) in [7, 11) is 0. The number of nitrogens with two attached hydrogens (primary N) is 1. The maximum atomic E-state index is 5.90. The first-order valence-corrected chi connectivity index (χ1v) is 7.05. The lowest BCUT2D eigenvalue weighted by Gasteiger charge is -2.02. The van der Waals surface area contributed by atoms with Crippen LogP contribution >= 0.6 is 15.9 Å². The van der Waals surface area contributed by atoms with Crippen LogP contribution in [0, 0.1) is 0 Å². The van der Waals surface area contributed by atoms with Gasteiger partial charge < -0.3 is 14.7 Å². The fourth-order valence-corrected chi connectivity index (χ4v) is 2.39. The lowest BCUT2D eigenvalue weighted by atomic mass is 10.0. The van der Waals surface area contributed by atoms with Gasteiger partial charge in [0.05, 0.1) is 17.5 Å². The van der Waals surface area contributed by atoms with E-state index in [-0.39, 0.29) is 0 Å². The summed E-state index contributed by atoms with van der Waals surface area (Å²) in [4.78, 5) is 0. The van der Waals surface area contributed by atoms with Crippen LogP contribution in [0.15, 0.2) is 56.1 Å². The number of halogens is 1. The Labute approximate surface area is 124 Å². The van der Waals surface area contributed by atoms with Gasteiger partial charge >= 0.3 is 0 Å². The normalized spacial score (nSPS) is 10.8. The number of anilines is 1. The lowest BCUT2D eigenvalue weighted by Crippen LogP contribution is -1.94. The van der Waals surface area contributed by atoms with Crippen LogP contribution in [0.1, 0.15) is 11.5 Å². The van der Waals surface area contributed by atoms with E-state index >= 15 is 0 Å². The molecule has 0 spiro atoms. The van der Waals surface area contributed by atoms with Crippen LogP contribution < -0.4 is 5.73 Å². The van der Waals surface area contributed by atoms with Crippen LogP contribution in [0.25, 0.3) is 11.1 Å². The Hall–Kier alpha value is -2.01. The summed E-state index contributed by atoms with van der Waals surface area (Å²) >= 11 is 3.42. The van der Waals surface area contributed by atoms with Gasteiger partial charge in [-0.3, -0.25) is 0 Å². The quantitative estimate of drug-likeness (QED) is 0.782. The van der Waals surface area contributed by atoms with Crippen LogP contribution in [0.5, 0.6) is 0 Å². The van der Waals surface area contributed by atoms with Gasteiger partial charge in [-0.25, -0.2) is 0 Å². The molecule has 2 N–H and O–H groups in total. The third kappa shape index (κ3) is 2.63. The number of aromatic nitrogens is 1. The molecule has 0 saturated heterocycles. The summed E-state index contributed by atoms with van der Waals surface area (Å²) < 4.78 is 11.5. The second-order valence-electron chi connectivity index (χ2n) is 4.45. The minimum atomic E-state index is 0.349. The van der Waals surface area contributed by atoms with Gasteiger partial charge in [-0.05, 0) is 29.8 Å². The van der Waals surface area contributed by atoms with E-state index in [1.54, 1.807) is 6.26 Å². The second kappa shape index (κ2) is 5.54. The van der Waals surface area contributed by atoms with Crippen molar-refractivity contribution < 1.29 is 8.94 Å². The molecule has 2 heterocycles. The van der Waals surface area contributed by atoms with Crippen LogP contribution in [0.2, 0.25) is 0 Å². The number of nitrogens with zero attached hydrogens (tertiary/aromatic N) is 1. The molecule has 0 fully saturated rings. The minimum absolute atomic E-state index is 0.349. The summed E-state index contributed by atoms with van der Waals surface area (Å²) in [6, 6.07) is 11.7. The molecular formula is C15H13BrN2O2. The van der Waals surface area contributed by atoms with E-state index in [9.17, 15) is 0 Å². The first-order valence-electron chi connectivity index (χ1n) is 6.26. The van der Waals surface area contributed by atoms with Crippen LogP contribution in [-0.2, 0) is 12.8 Å². The van der Waals surface area contributed by atoms with Crippen molar-refractivity contribution in [2.24, 2.45) is 0 Å². The molecular weight excluding hydrogens is 320 g/mol. The molecule has 0 aliphatic rings. The molecule has 1 aromatic carbocycles. The summed E-state index contributed by atoms with van der Waals surface area (Å²) in [5.41, 5.74) is 8.61. The van der Waals surface area contributed by atoms with E-state index in [0.717, 1.165) is 39.9 Å². The summed E-state index contributed by atoms with van der Waals surface area (Å²) in [6.45, 7) is 0. The van der Waals surface area contributed by atoms with Crippen molar-refractivity contribution in [1.29, 1.82) is 0 Å². The van der Waals surface area contributed by atoms with E-state index in [0.29, 0.717) is 5.88 Å². The third-order valence-corrected chi connectivity index (χ3v) is 3.64. The van der Waals surface area contributed by atoms with Gasteiger partial charge in [0, 0.05) is 17.3 Å². The zero-order chi connectivity index (χ0) is 13.9. The molecule has 3 aromatic rings. The molecule has 0 atom stereocenters. The SMILES string of the molecule is Nc1onc(CCc2ccco2)c1-c1ccc(Br)cc1. The number of rotatable bonds is 4. The van der Waals surface area contributed by atoms with Crippen LogP contribution in [-0.4, -0.2) is 5.16 Å². The molecule has 0 radical (unpaired) electrons. The third-order valence-electron chi connectivity index (χ3n) is 3.11. The largest absolute Gasteiger partial charge is 0.469 e. The van der Waals surface area contributed by atoms with E-state index < -0.39 is 0 Å². The van der Waals surface area contributed by atoms with Crippen molar-refractivity contribution >= 4 is 21.8 Å². The van der Waals surface area contributed by atoms with Crippen LogP contribution in [0.4, 0.5) is 5.88 Å². The topological polar surface area (TPSA) is 65.2 Å². The van der Waals surface area contributed by atoms with Crippen molar-refractivity contribution in [3.63, 3.8) is 0 Å². The van der Waals surface area contributed by atoms with Crippen molar-refractivity contribution in [1.82, 2.24) is 5.16 Å². The Morgan fingerprint density at radius 3 is 2.60 bits per heavy atom. The van der Waals surface area contributed by atoms with E-state index in [2.05, 4.69) is 21.1 Å². The van der Waals surface area contributed by atoms with Crippen molar-refractivity contribution in [2.75, 3.05) is 5.73 Å². The number of aryl methyl sites for hydroxylation is 2. The molecule has 0 unspecified atom stereocenters. The maximum Gasteiger partial charge on any atom is 0.230 e. The summed E-state index contributed by atoms with van der Waals surface area (Å²) in [6.07, 6.45) is 3.16. The van der Waals surface area contributed by atoms with E-state index in [1.165, 1.54) is 0 Å². The highest BCUT2D eigenvalue weighted by molar-refractivity contribution is 9.10. The Balaban J connectivity index is 1.87. The Kier molecular flexibility index (Phi) is 3.60. The number of benzene rings is 1. The van der Waals surface area contributed by atoms with Gasteiger partial charge in [-0.2, -0.15) is 0 Å². The lowest BCUT2D eigenvalue weighted by molar-refractivity contribution is 0.425. The number of nitrogen functional groups attached to an aromatic ring is 1. The minimum Gasteiger partial charge on any atom is -0.469 e. The molecule has 0 bridgehead atoms. The predicted molar refractivity (Wildman–Crippen MR) is 80.2 cm³/mol. The van der Waals surface area contributed by atoms with Crippen molar-refractivity contribution in [2.45, 2.75) is 12.8 Å². The maximum absolute atomic E-state index is 5.90. The molecule has 0 aliphatic carbocycles. The van der Waals surface area contributed by atoms with Crippen molar-refractivity contribution in [3.05, 3.63) is 58.6 Å². The molecule has 0 saturated carbocycles. The Bertz CT molecular complexity index is 687. The smallest absolute Gasteiger partial charge is 0.230 e. The fraction of sp³-hybridized carbons (Fsp3) is 0.133. The highest BCUT2D eigenvalue weighted by Crippen LogP contribution is 2.31. The van der Waals surface area contributed by atoms with Gasteiger partial charge in [0.1, 0.15) is 5.76 Å². The Morgan fingerprint density at radius 1 is 1.10 bits per heavy atom. The summed E-state index contributed by atoms with van der Waals surface area (Å²) in [5, 5.41) is 4.06. The number of hydrogen-bond acceptors (Lipinski definition) is 4. The number of hydrogen-bond donors (Lipinski definition) is 1. The highest BCUT2D eigenvalue weighted by atomic mass is 79.9.